The molecule has 14 nitrogen and oxygen atoms in total. The topological polar surface area (TPSA) is 228 Å². The molecule has 0 saturated carbocycles. The molecule has 0 radical (unpaired) electrons. The highest BCUT2D eigenvalue weighted by molar-refractivity contribution is 5.76. The van der Waals surface area contributed by atoms with Gasteiger partial charge in [0.1, 0.15) is 48.8 Å². The van der Waals surface area contributed by atoms with Crippen molar-refractivity contribution >= 4 is 5.91 Å². The summed E-state index contributed by atoms with van der Waals surface area (Å²) in [6.45, 7) is 2.84. The lowest BCUT2D eigenvalue weighted by molar-refractivity contribution is -0.359. The van der Waals surface area contributed by atoms with E-state index in [1.54, 1.807) is 0 Å². The molecule has 0 bridgehead atoms. The second-order valence-corrected chi connectivity index (χ2v) is 17.6. The first-order valence-electron chi connectivity index (χ1n) is 24.3. The molecule has 2 saturated heterocycles. The quantitative estimate of drug-likeness (QED) is 0.0356. The lowest BCUT2D eigenvalue weighted by Gasteiger charge is -2.46. The highest BCUT2D eigenvalue weighted by Crippen LogP contribution is 2.30. The van der Waals surface area contributed by atoms with Gasteiger partial charge >= 0.3 is 0 Å². The van der Waals surface area contributed by atoms with Gasteiger partial charge in [0.2, 0.25) is 5.91 Å². The fourth-order valence-corrected chi connectivity index (χ4v) is 8.30. The highest BCUT2D eigenvalue weighted by Gasteiger charge is 2.51. The minimum Gasteiger partial charge on any atom is -0.394 e. The number of aliphatic hydroxyl groups excluding tert-OH is 8. The summed E-state index contributed by atoms with van der Waals surface area (Å²) in [5.41, 5.74) is 0. The van der Waals surface area contributed by atoms with E-state index in [1.807, 2.05) is 0 Å². The van der Waals surface area contributed by atoms with E-state index in [9.17, 15) is 45.6 Å². The van der Waals surface area contributed by atoms with Gasteiger partial charge in [-0.3, -0.25) is 4.79 Å². The molecule has 9 N–H and O–H groups in total. The molecule has 0 spiro atoms. The minimum atomic E-state index is -1.78. The number of hydrogen-bond acceptors (Lipinski definition) is 13. The summed E-state index contributed by atoms with van der Waals surface area (Å²) in [5.74, 6) is -0.206. The van der Waals surface area contributed by atoms with Gasteiger partial charge in [-0.15, -0.1) is 0 Å². The van der Waals surface area contributed by atoms with E-state index < -0.39 is 86.8 Å². The van der Waals surface area contributed by atoms with Crippen LogP contribution in [0.25, 0.3) is 0 Å². The Hall–Kier alpha value is -1.01. The molecule has 2 aliphatic rings. The number of ether oxygens (including phenoxy) is 4. The fourth-order valence-electron chi connectivity index (χ4n) is 8.30. The normalized spacial score (nSPS) is 28.2. The Morgan fingerprint density at radius 2 is 0.950 bits per heavy atom. The summed E-state index contributed by atoms with van der Waals surface area (Å²) in [6.07, 6.45) is 15.3. The van der Waals surface area contributed by atoms with Gasteiger partial charge in [-0.05, 0) is 12.8 Å². The Balaban J connectivity index is 1.86. The van der Waals surface area contributed by atoms with Crippen molar-refractivity contribution in [3.63, 3.8) is 0 Å². The Kier molecular flexibility index (Phi) is 31.6. The van der Waals surface area contributed by atoms with Crippen LogP contribution in [0.15, 0.2) is 0 Å². The van der Waals surface area contributed by atoms with E-state index in [4.69, 9.17) is 18.9 Å². The molecule has 2 fully saturated rings. The highest BCUT2D eigenvalue weighted by atomic mass is 16.7. The molecule has 0 aromatic rings. The third-order valence-electron chi connectivity index (χ3n) is 12.3. The average Bonchev–Trinajstić information content (AvgIpc) is 3.24. The number of unbranched alkanes of at least 4 members (excludes halogenated alkanes) is 24. The van der Waals surface area contributed by atoms with Crippen LogP contribution < -0.4 is 5.32 Å². The number of carbonyl (C=O) groups is 1. The molecule has 0 aromatic carbocycles. The first kappa shape index (κ1) is 55.1. The lowest BCUT2D eigenvalue weighted by atomic mass is 9.97. The summed E-state index contributed by atoms with van der Waals surface area (Å²) in [6, 6.07) is -0.819. The van der Waals surface area contributed by atoms with Gasteiger partial charge in [-0.2, -0.15) is 0 Å². The summed E-state index contributed by atoms with van der Waals surface area (Å²) in [7, 11) is 0. The van der Waals surface area contributed by atoms with Gasteiger partial charge < -0.3 is 65.1 Å². The zero-order valence-corrected chi connectivity index (χ0v) is 37.5. The summed E-state index contributed by atoms with van der Waals surface area (Å²) >= 11 is 0. The number of hydrogen-bond donors (Lipinski definition) is 9. The Bertz CT molecular complexity index is 1020. The summed E-state index contributed by atoms with van der Waals surface area (Å²) in [5, 5.41) is 86.7. The summed E-state index contributed by atoms with van der Waals surface area (Å²) in [4.78, 5) is 13.1. The molecule has 0 aromatic heterocycles. The van der Waals surface area contributed by atoms with E-state index in [2.05, 4.69) is 19.2 Å². The Labute approximate surface area is 362 Å². The van der Waals surface area contributed by atoms with E-state index in [0.29, 0.717) is 12.8 Å². The van der Waals surface area contributed by atoms with Crippen LogP contribution >= 0.6 is 0 Å². The van der Waals surface area contributed by atoms with Gasteiger partial charge in [0.05, 0.1) is 32.0 Å². The number of aliphatic hydroxyl groups is 8. The molecular formula is C46H89NO13. The lowest BCUT2D eigenvalue weighted by Crippen LogP contribution is -2.65. The van der Waals surface area contributed by atoms with Crippen molar-refractivity contribution in [2.45, 2.75) is 267 Å². The standard InChI is InChI=1S/C46H89NO13/c1-3-5-7-9-11-13-15-17-19-21-23-25-27-29-35(50)34(47-38(51)30-28-26-24-22-20-18-16-14-12-10-8-6-4-2)33-57-45-43(56)41(54)44(37(32-49)59-45)60-46-42(55)40(53)39(52)36(31-48)58-46/h34-37,39-46,48-50,52-56H,3-33H2,1-2H3,(H,47,51)/t34-,35+,36+,37+,39-,40-,41+,42+,43+,44+,45+,46-/m0/s1. The SMILES string of the molecule is CCCCCCCCCCCCCCCC(=O)N[C@@H](CO[C@@H]1O[C@H](CO)[C@@H](O[C@@H]2O[C@H](CO)[C@H](O)[C@H](O)[C@H]2O)[C@H](O)[C@H]1O)[C@H](O)CCCCCCCCCCCCCCC. The first-order chi connectivity index (χ1) is 29.1. The van der Waals surface area contributed by atoms with Crippen molar-refractivity contribution in [3.05, 3.63) is 0 Å². The number of carbonyl (C=O) groups excluding carboxylic acids is 1. The molecule has 14 heteroatoms. The zero-order chi connectivity index (χ0) is 44.0. The molecule has 356 valence electrons. The molecule has 2 rings (SSSR count). The van der Waals surface area contributed by atoms with Crippen LogP contribution in [0.4, 0.5) is 0 Å². The van der Waals surface area contributed by atoms with Crippen LogP contribution in [-0.2, 0) is 23.7 Å². The van der Waals surface area contributed by atoms with E-state index >= 15 is 0 Å². The van der Waals surface area contributed by atoms with Crippen LogP contribution in [0.2, 0.25) is 0 Å². The average molecular weight is 864 g/mol. The molecular weight excluding hydrogens is 774 g/mol. The smallest absolute Gasteiger partial charge is 0.220 e. The van der Waals surface area contributed by atoms with Gasteiger partial charge in [0, 0.05) is 6.42 Å². The maximum Gasteiger partial charge on any atom is 0.220 e. The van der Waals surface area contributed by atoms with Crippen molar-refractivity contribution < 1.29 is 64.6 Å². The van der Waals surface area contributed by atoms with Crippen LogP contribution in [-0.4, -0.2) is 140 Å². The first-order valence-corrected chi connectivity index (χ1v) is 24.3. The van der Waals surface area contributed by atoms with Gasteiger partial charge in [-0.25, -0.2) is 0 Å². The molecule has 60 heavy (non-hydrogen) atoms. The third-order valence-corrected chi connectivity index (χ3v) is 12.3. The monoisotopic (exact) mass is 864 g/mol. The van der Waals surface area contributed by atoms with Crippen LogP contribution in [0, 0.1) is 0 Å². The molecule has 2 aliphatic heterocycles. The van der Waals surface area contributed by atoms with Crippen LogP contribution in [0.1, 0.15) is 194 Å². The zero-order valence-electron chi connectivity index (χ0n) is 37.5. The molecule has 0 unspecified atom stereocenters. The van der Waals surface area contributed by atoms with E-state index in [0.717, 1.165) is 51.4 Å². The van der Waals surface area contributed by atoms with Gasteiger partial charge in [-0.1, -0.05) is 174 Å². The molecule has 2 heterocycles. The third kappa shape index (κ3) is 22.1. The second kappa shape index (κ2) is 34.4. The van der Waals surface area contributed by atoms with E-state index in [1.165, 1.54) is 116 Å². The maximum atomic E-state index is 13.1. The number of nitrogens with one attached hydrogen (secondary N) is 1. The van der Waals surface area contributed by atoms with E-state index in [-0.39, 0.29) is 12.5 Å². The molecule has 0 aliphatic carbocycles. The van der Waals surface area contributed by atoms with Crippen molar-refractivity contribution in [1.29, 1.82) is 0 Å². The molecule has 1 amide bonds. The number of rotatable bonds is 37. The maximum absolute atomic E-state index is 13.1. The van der Waals surface area contributed by atoms with Gasteiger partial charge in [0.25, 0.3) is 0 Å². The van der Waals surface area contributed by atoms with Crippen molar-refractivity contribution in [3.8, 4) is 0 Å². The number of amides is 1. The van der Waals surface area contributed by atoms with Crippen molar-refractivity contribution in [1.82, 2.24) is 5.32 Å². The van der Waals surface area contributed by atoms with Crippen molar-refractivity contribution in [2.24, 2.45) is 0 Å². The fraction of sp³-hybridized carbons (Fsp3) is 0.978. The minimum absolute atomic E-state index is 0.206. The predicted molar refractivity (Wildman–Crippen MR) is 231 cm³/mol. The Morgan fingerprint density at radius 1 is 0.533 bits per heavy atom. The largest absolute Gasteiger partial charge is 0.394 e. The predicted octanol–water partition coefficient (Wildman–Crippen LogP) is 5.44. The van der Waals surface area contributed by atoms with Crippen LogP contribution in [0.3, 0.4) is 0 Å². The second-order valence-electron chi connectivity index (χ2n) is 17.6. The van der Waals surface area contributed by atoms with Gasteiger partial charge in [0.15, 0.2) is 12.6 Å². The van der Waals surface area contributed by atoms with Crippen LogP contribution in [0.5, 0.6) is 0 Å². The van der Waals surface area contributed by atoms with Crippen molar-refractivity contribution in [2.75, 3.05) is 19.8 Å². The molecule has 12 atom stereocenters. The summed E-state index contributed by atoms with van der Waals surface area (Å²) < 4.78 is 22.7. The Morgan fingerprint density at radius 3 is 1.42 bits per heavy atom.